The van der Waals surface area contributed by atoms with Gasteiger partial charge in [-0.15, -0.1) is 13.2 Å². The molecule has 0 saturated heterocycles. The first kappa shape index (κ1) is 14.2. The van der Waals surface area contributed by atoms with Gasteiger partial charge in [0.15, 0.2) is 0 Å². The lowest BCUT2D eigenvalue weighted by Gasteiger charge is -2.14. The molecule has 1 aliphatic rings. The van der Waals surface area contributed by atoms with Gasteiger partial charge < -0.3 is 10.1 Å². The van der Waals surface area contributed by atoms with Crippen LogP contribution in [0.15, 0.2) is 24.3 Å². The monoisotopic (exact) mass is 273 g/mol. The van der Waals surface area contributed by atoms with Crippen molar-refractivity contribution < 1.29 is 17.9 Å². The SMILES string of the molecule is CC(CC1CC1)NCc1ccc(OC(F)(F)F)cc1. The molecule has 2 nitrogen and oxygen atoms in total. The number of rotatable bonds is 6. The van der Waals surface area contributed by atoms with E-state index in [1.54, 1.807) is 12.1 Å². The predicted octanol–water partition coefficient (Wildman–Crippen LogP) is 3.86. The van der Waals surface area contributed by atoms with E-state index >= 15 is 0 Å². The minimum Gasteiger partial charge on any atom is -0.406 e. The number of hydrogen-bond donors (Lipinski definition) is 1. The molecule has 0 spiro atoms. The Labute approximate surface area is 111 Å². The third kappa shape index (κ3) is 5.51. The molecule has 1 aliphatic carbocycles. The van der Waals surface area contributed by atoms with Crippen LogP contribution in [0.3, 0.4) is 0 Å². The van der Waals surface area contributed by atoms with Crippen LogP contribution in [0.5, 0.6) is 5.75 Å². The number of ether oxygens (including phenoxy) is 1. The maximum Gasteiger partial charge on any atom is 0.573 e. The minimum atomic E-state index is -4.63. The lowest BCUT2D eigenvalue weighted by molar-refractivity contribution is -0.274. The maximum atomic E-state index is 12.0. The summed E-state index contributed by atoms with van der Waals surface area (Å²) in [5.41, 5.74) is 0.956. The molecule has 0 radical (unpaired) electrons. The quantitative estimate of drug-likeness (QED) is 0.849. The molecular formula is C14H18F3NO. The van der Waals surface area contributed by atoms with Gasteiger partial charge in [-0.25, -0.2) is 0 Å². The van der Waals surface area contributed by atoms with E-state index in [4.69, 9.17) is 0 Å². The fraction of sp³-hybridized carbons (Fsp3) is 0.571. The van der Waals surface area contributed by atoms with Crippen molar-refractivity contribution in [2.24, 2.45) is 5.92 Å². The minimum absolute atomic E-state index is 0.178. The first-order valence-corrected chi connectivity index (χ1v) is 6.50. The molecule has 0 aromatic heterocycles. The fourth-order valence-electron chi connectivity index (χ4n) is 2.04. The third-order valence-corrected chi connectivity index (χ3v) is 3.20. The molecule has 1 aromatic carbocycles. The highest BCUT2D eigenvalue weighted by atomic mass is 19.4. The Morgan fingerprint density at radius 3 is 2.42 bits per heavy atom. The van der Waals surface area contributed by atoms with Crippen molar-refractivity contribution in [3.63, 3.8) is 0 Å². The molecule has 0 aliphatic heterocycles. The molecular weight excluding hydrogens is 255 g/mol. The van der Waals surface area contributed by atoms with Gasteiger partial charge in [0, 0.05) is 12.6 Å². The van der Waals surface area contributed by atoms with Crippen LogP contribution in [0, 0.1) is 5.92 Å². The van der Waals surface area contributed by atoms with Gasteiger partial charge in [0.25, 0.3) is 0 Å². The summed E-state index contributed by atoms with van der Waals surface area (Å²) in [6.07, 6.45) is -0.793. The number of halogens is 3. The van der Waals surface area contributed by atoms with Crippen LogP contribution < -0.4 is 10.1 Å². The van der Waals surface area contributed by atoms with Crippen molar-refractivity contribution in [3.05, 3.63) is 29.8 Å². The number of benzene rings is 1. The van der Waals surface area contributed by atoms with Crippen molar-refractivity contribution in [1.29, 1.82) is 0 Å². The second-order valence-electron chi connectivity index (χ2n) is 5.15. The van der Waals surface area contributed by atoms with Crippen molar-refractivity contribution in [3.8, 4) is 5.75 Å². The van der Waals surface area contributed by atoms with E-state index in [0.29, 0.717) is 12.6 Å². The van der Waals surface area contributed by atoms with Gasteiger partial charge in [0.2, 0.25) is 0 Å². The zero-order chi connectivity index (χ0) is 13.9. The maximum absolute atomic E-state index is 12.0. The van der Waals surface area contributed by atoms with Gasteiger partial charge >= 0.3 is 6.36 Å². The van der Waals surface area contributed by atoms with E-state index in [0.717, 1.165) is 11.5 Å². The Balaban J connectivity index is 1.77. The molecule has 1 saturated carbocycles. The Kier molecular flexibility index (Phi) is 4.34. The van der Waals surface area contributed by atoms with Gasteiger partial charge in [0.05, 0.1) is 0 Å². The van der Waals surface area contributed by atoms with Crippen LogP contribution in [0.1, 0.15) is 31.7 Å². The van der Waals surface area contributed by atoms with E-state index in [1.165, 1.54) is 31.4 Å². The van der Waals surface area contributed by atoms with Gasteiger partial charge in [0.1, 0.15) is 5.75 Å². The zero-order valence-electron chi connectivity index (χ0n) is 10.8. The van der Waals surface area contributed by atoms with Crippen molar-refractivity contribution >= 4 is 0 Å². The molecule has 106 valence electrons. The van der Waals surface area contributed by atoms with Gasteiger partial charge in [-0.1, -0.05) is 25.0 Å². The first-order chi connectivity index (χ1) is 8.92. The molecule has 1 fully saturated rings. The van der Waals surface area contributed by atoms with Crippen LogP contribution in [0.4, 0.5) is 13.2 Å². The fourth-order valence-corrected chi connectivity index (χ4v) is 2.04. The van der Waals surface area contributed by atoms with E-state index in [9.17, 15) is 13.2 Å². The Hall–Kier alpha value is -1.23. The van der Waals surface area contributed by atoms with Crippen LogP contribution in [0.25, 0.3) is 0 Å². The smallest absolute Gasteiger partial charge is 0.406 e. The van der Waals surface area contributed by atoms with Crippen molar-refractivity contribution in [1.82, 2.24) is 5.32 Å². The van der Waals surface area contributed by atoms with E-state index in [1.807, 2.05) is 0 Å². The molecule has 0 bridgehead atoms. The second kappa shape index (κ2) is 5.82. The lowest BCUT2D eigenvalue weighted by Crippen LogP contribution is -2.25. The summed E-state index contributed by atoms with van der Waals surface area (Å²) in [7, 11) is 0. The topological polar surface area (TPSA) is 21.3 Å². The molecule has 0 heterocycles. The highest BCUT2D eigenvalue weighted by molar-refractivity contribution is 5.27. The molecule has 5 heteroatoms. The highest BCUT2D eigenvalue weighted by Crippen LogP contribution is 2.33. The van der Waals surface area contributed by atoms with Crippen molar-refractivity contribution in [2.75, 3.05) is 0 Å². The van der Waals surface area contributed by atoms with Gasteiger partial charge in [-0.3, -0.25) is 0 Å². The largest absolute Gasteiger partial charge is 0.573 e. The normalized spacial score (nSPS) is 17.3. The summed E-state index contributed by atoms with van der Waals surface area (Å²) in [6, 6.07) is 6.43. The first-order valence-electron chi connectivity index (χ1n) is 6.50. The summed E-state index contributed by atoms with van der Waals surface area (Å²) in [6.45, 7) is 2.81. The molecule has 1 atom stereocenters. The standard InChI is InChI=1S/C14H18F3NO/c1-10(8-11-2-3-11)18-9-12-4-6-13(7-5-12)19-14(15,16)17/h4-7,10-11,18H,2-3,8-9H2,1H3. The molecule has 19 heavy (non-hydrogen) atoms. The summed E-state index contributed by atoms with van der Waals surface area (Å²) >= 11 is 0. The Bertz CT molecular complexity index is 398. The summed E-state index contributed by atoms with van der Waals surface area (Å²) in [5, 5.41) is 3.37. The highest BCUT2D eigenvalue weighted by Gasteiger charge is 2.30. The van der Waals surface area contributed by atoms with E-state index in [2.05, 4.69) is 17.0 Å². The predicted molar refractivity (Wildman–Crippen MR) is 66.8 cm³/mol. The third-order valence-electron chi connectivity index (χ3n) is 3.20. The van der Waals surface area contributed by atoms with Crippen LogP contribution in [0.2, 0.25) is 0 Å². The molecule has 1 aromatic rings. The molecule has 1 unspecified atom stereocenters. The average molecular weight is 273 g/mol. The number of hydrogen-bond acceptors (Lipinski definition) is 2. The van der Waals surface area contributed by atoms with Crippen molar-refractivity contribution in [2.45, 2.75) is 45.1 Å². The molecule has 1 N–H and O–H groups in total. The zero-order valence-corrected chi connectivity index (χ0v) is 10.8. The summed E-state index contributed by atoms with van der Waals surface area (Å²) in [4.78, 5) is 0. The Morgan fingerprint density at radius 2 is 1.89 bits per heavy atom. The average Bonchev–Trinajstić information content (AvgIpc) is 3.10. The summed E-state index contributed by atoms with van der Waals surface area (Å²) in [5.74, 6) is 0.687. The van der Waals surface area contributed by atoms with Gasteiger partial charge in [-0.05, 0) is 37.0 Å². The van der Waals surface area contributed by atoms with E-state index in [-0.39, 0.29) is 5.75 Å². The molecule has 0 amide bonds. The number of nitrogens with one attached hydrogen (secondary N) is 1. The van der Waals surface area contributed by atoms with Crippen LogP contribution >= 0.6 is 0 Å². The number of alkyl halides is 3. The van der Waals surface area contributed by atoms with Crippen LogP contribution in [-0.4, -0.2) is 12.4 Å². The van der Waals surface area contributed by atoms with Crippen LogP contribution in [-0.2, 0) is 6.54 Å². The summed E-state index contributed by atoms with van der Waals surface area (Å²) < 4.78 is 39.8. The van der Waals surface area contributed by atoms with E-state index < -0.39 is 6.36 Å². The molecule has 2 rings (SSSR count). The second-order valence-corrected chi connectivity index (χ2v) is 5.15. The lowest BCUT2D eigenvalue weighted by atomic mass is 10.1. The Morgan fingerprint density at radius 1 is 1.26 bits per heavy atom. The van der Waals surface area contributed by atoms with Gasteiger partial charge in [-0.2, -0.15) is 0 Å².